The van der Waals surface area contributed by atoms with Crippen LogP contribution in [-0.4, -0.2) is 4.98 Å². The average molecular weight is 327 g/mol. The van der Waals surface area contributed by atoms with Gasteiger partial charge in [-0.2, -0.15) is 0 Å². The number of rotatable bonds is 3. The zero-order valence-electron chi connectivity index (χ0n) is 11.0. The Kier molecular flexibility index (Phi) is 3.81. The zero-order chi connectivity index (χ0) is 13.9. The quantitative estimate of drug-likeness (QED) is 0.781. The molecule has 1 atom stereocenters. The number of benzene rings is 2. The first-order valence-corrected chi connectivity index (χ1v) is 7.36. The molecule has 2 aromatic carbocycles. The van der Waals surface area contributed by atoms with E-state index in [1.54, 1.807) is 0 Å². The van der Waals surface area contributed by atoms with Crippen molar-refractivity contribution < 1.29 is 0 Å². The largest absolute Gasteiger partial charge is 0.324 e. The van der Waals surface area contributed by atoms with Gasteiger partial charge in [-0.15, -0.1) is 0 Å². The maximum atomic E-state index is 6.42. The molecule has 0 spiro atoms. The highest BCUT2D eigenvalue weighted by Crippen LogP contribution is 2.27. The van der Waals surface area contributed by atoms with Crippen LogP contribution < -0.4 is 5.73 Å². The summed E-state index contributed by atoms with van der Waals surface area (Å²) in [5, 5.41) is 2.31. The van der Waals surface area contributed by atoms with Crippen molar-refractivity contribution in [2.24, 2.45) is 5.73 Å². The van der Waals surface area contributed by atoms with Crippen molar-refractivity contribution in [2.45, 2.75) is 12.5 Å². The number of aromatic nitrogens is 1. The number of fused-ring (bicyclic) bond motifs is 1. The summed E-state index contributed by atoms with van der Waals surface area (Å²) < 4.78 is 1.11. The van der Waals surface area contributed by atoms with Gasteiger partial charge in [0.1, 0.15) is 0 Å². The highest BCUT2D eigenvalue weighted by Gasteiger charge is 2.12. The van der Waals surface area contributed by atoms with Gasteiger partial charge in [0, 0.05) is 28.3 Å². The highest BCUT2D eigenvalue weighted by atomic mass is 79.9. The normalized spacial score (nSPS) is 12.5. The Labute approximate surface area is 126 Å². The molecule has 3 aromatic rings. The second-order valence-electron chi connectivity index (χ2n) is 4.85. The van der Waals surface area contributed by atoms with Crippen molar-refractivity contribution in [2.75, 3.05) is 0 Å². The van der Waals surface area contributed by atoms with Crippen molar-refractivity contribution in [1.29, 1.82) is 0 Å². The molecule has 0 saturated heterocycles. The minimum atomic E-state index is -0.0280. The molecule has 2 nitrogen and oxygen atoms in total. The van der Waals surface area contributed by atoms with Crippen molar-refractivity contribution in [3.05, 3.63) is 76.5 Å². The predicted molar refractivity (Wildman–Crippen MR) is 86.5 cm³/mol. The summed E-state index contributed by atoms with van der Waals surface area (Å²) in [5.74, 6) is 0. The fraction of sp³-hybridized carbons (Fsp3) is 0.118. The molecule has 100 valence electrons. The van der Waals surface area contributed by atoms with E-state index in [2.05, 4.69) is 45.2 Å². The maximum absolute atomic E-state index is 6.42. The molecule has 0 radical (unpaired) electrons. The molecule has 3 heteroatoms. The van der Waals surface area contributed by atoms with Gasteiger partial charge in [0.05, 0.1) is 0 Å². The van der Waals surface area contributed by atoms with Crippen molar-refractivity contribution in [3.8, 4) is 0 Å². The molecule has 0 aliphatic carbocycles. The summed E-state index contributed by atoms with van der Waals surface area (Å²) in [6, 6.07) is 16.4. The molecule has 0 amide bonds. The number of hydrogen-bond donors (Lipinski definition) is 1. The number of nitrogens with two attached hydrogens (primary N) is 1. The Hall–Kier alpha value is -1.71. The van der Waals surface area contributed by atoms with E-state index in [0.717, 1.165) is 16.3 Å². The molecule has 0 saturated carbocycles. The van der Waals surface area contributed by atoms with Gasteiger partial charge in [0.2, 0.25) is 0 Å². The summed E-state index contributed by atoms with van der Waals surface area (Å²) in [6.07, 6.45) is 4.50. The van der Waals surface area contributed by atoms with Crippen LogP contribution in [0.3, 0.4) is 0 Å². The van der Waals surface area contributed by atoms with Gasteiger partial charge in [-0.05, 0) is 35.1 Å². The van der Waals surface area contributed by atoms with Crippen molar-refractivity contribution >= 4 is 26.7 Å². The molecule has 0 aliphatic rings. The van der Waals surface area contributed by atoms with Crippen LogP contribution in [0.25, 0.3) is 10.8 Å². The van der Waals surface area contributed by atoms with Gasteiger partial charge < -0.3 is 5.73 Å². The van der Waals surface area contributed by atoms with Gasteiger partial charge >= 0.3 is 0 Å². The van der Waals surface area contributed by atoms with E-state index in [9.17, 15) is 0 Å². The van der Waals surface area contributed by atoms with Crippen LogP contribution >= 0.6 is 15.9 Å². The first-order chi connectivity index (χ1) is 9.75. The summed E-state index contributed by atoms with van der Waals surface area (Å²) in [7, 11) is 0. The van der Waals surface area contributed by atoms with Gasteiger partial charge in [-0.25, -0.2) is 0 Å². The fourth-order valence-corrected chi connectivity index (χ4v) is 2.93. The third kappa shape index (κ3) is 2.60. The first-order valence-electron chi connectivity index (χ1n) is 6.57. The van der Waals surface area contributed by atoms with E-state index in [1.807, 2.05) is 36.7 Å². The van der Waals surface area contributed by atoms with E-state index in [-0.39, 0.29) is 6.04 Å². The highest BCUT2D eigenvalue weighted by molar-refractivity contribution is 9.10. The molecular weight excluding hydrogens is 312 g/mol. The van der Waals surface area contributed by atoms with E-state index in [4.69, 9.17) is 5.73 Å². The topological polar surface area (TPSA) is 38.9 Å². The monoisotopic (exact) mass is 326 g/mol. The second kappa shape index (κ2) is 5.73. The maximum Gasteiger partial charge on any atom is 0.0346 e. The number of pyridine rings is 1. The second-order valence-corrected chi connectivity index (χ2v) is 5.70. The minimum Gasteiger partial charge on any atom is -0.324 e. The standard InChI is InChI=1S/C17H15BrN2/c18-16-7-2-1-4-12(16)10-17(19)15-6-3-5-13-11-20-9-8-14(13)15/h1-9,11,17H,10,19H2. The SMILES string of the molecule is NC(Cc1ccccc1Br)c1cccc2cnccc12. The smallest absolute Gasteiger partial charge is 0.0346 e. The molecule has 0 fully saturated rings. The van der Waals surface area contributed by atoms with Crippen molar-refractivity contribution in [1.82, 2.24) is 4.98 Å². The summed E-state index contributed by atoms with van der Waals surface area (Å²) >= 11 is 3.58. The van der Waals surface area contributed by atoms with Gasteiger partial charge in [0.25, 0.3) is 0 Å². The molecule has 1 aromatic heterocycles. The van der Waals surface area contributed by atoms with Gasteiger partial charge in [0.15, 0.2) is 0 Å². The van der Waals surface area contributed by atoms with Gasteiger partial charge in [-0.1, -0.05) is 52.3 Å². The molecule has 20 heavy (non-hydrogen) atoms. The van der Waals surface area contributed by atoms with Crippen molar-refractivity contribution in [3.63, 3.8) is 0 Å². The third-order valence-electron chi connectivity index (χ3n) is 3.51. The number of nitrogens with zero attached hydrogens (tertiary/aromatic N) is 1. The summed E-state index contributed by atoms with van der Waals surface area (Å²) in [5.41, 5.74) is 8.82. The lowest BCUT2D eigenvalue weighted by Crippen LogP contribution is -2.14. The lowest BCUT2D eigenvalue weighted by atomic mass is 9.95. The van der Waals surface area contributed by atoms with Crippen LogP contribution in [0.2, 0.25) is 0 Å². The van der Waals surface area contributed by atoms with E-state index >= 15 is 0 Å². The zero-order valence-corrected chi connectivity index (χ0v) is 12.5. The fourth-order valence-electron chi connectivity index (χ4n) is 2.48. The lowest BCUT2D eigenvalue weighted by Gasteiger charge is -2.15. The Morgan fingerprint density at radius 3 is 2.75 bits per heavy atom. The Balaban J connectivity index is 1.97. The molecule has 1 heterocycles. The first kappa shape index (κ1) is 13.3. The Morgan fingerprint density at radius 1 is 1.05 bits per heavy atom. The average Bonchev–Trinajstić information content (AvgIpc) is 2.49. The van der Waals surface area contributed by atoms with Crippen LogP contribution in [-0.2, 0) is 6.42 Å². The Morgan fingerprint density at radius 2 is 1.90 bits per heavy atom. The van der Waals surface area contributed by atoms with Crippen LogP contribution in [0.4, 0.5) is 0 Å². The van der Waals surface area contributed by atoms with Crippen LogP contribution in [0, 0.1) is 0 Å². The van der Waals surface area contributed by atoms with Gasteiger partial charge in [-0.3, -0.25) is 4.98 Å². The van der Waals surface area contributed by atoms with E-state index in [1.165, 1.54) is 16.5 Å². The molecule has 2 N–H and O–H groups in total. The van der Waals surface area contributed by atoms with Crippen LogP contribution in [0.1, 0.15) is 17.2 Å². The van der Waals surface area contributed by atoms with Crippen LogP contribution in [0.5, 0.6) is 0 Å². The minimum absolute atomic E-state index is 0.0280. The lowest BCUT2D eigenvalue weighted by molar-refractivity contribution is 0.726. The molecule has 3 rings (SSSR count). The molecular formula is C17H15BrN2. The predicted octanol–water partition coefficient (Wildman–Crippen LogP) is 4.24. The molecule has 0 bridgehead atoms. The van der Waals surface area contributed by atoms with Crippen LogP contribution in [0.15, 0.2) is 65.4 Å². The number of halogens is 1. The van der Waals surface area contributed by atoms with E-state index in [0.29, 0.717) is 0 Å². The molecule has 0 aliphatic heterocycles. The number of hydrogen-bond acceptors (Lipinski definition) is 2. The summed E-state index contributed by atoms with van der Waals surface area (Å²) in [6.45, 7) is 0. The molecule has 1 unspecified atom stereocenters. The summed E-state index contributed by atoms with van der Waals surface area (Å²) in [4.78, 5) is 4.16. The third-order valence-corrected chi connectivity index (χ3v) is 4.29. The van der Waals surface area contributed by atoms with E-state index < -0.39 is 0 Å². The Bertz CT molecular complexity index is 734.